The molecule has 0 aliphatic carbocycles. The quantitative estimate of drug-likeness (QED) is 0.883. The number of halogens is 2. The number of aromatic nitrogens is 1. The molecule has 0 bridgehead atoms. The van der Waals surface area contributed by atoms with Crippen molar-refractivity contribution in [3.8, 4) is 0 Å². The Morgan fingerprint density at radius 1 is 1.26 bits per heavy atom. The first-order chi connectivity index (χ1) is 11.0. The molecule has 1 aromatic heterocycles. The van der Waals surface area contributed by atoms with E-state index in [-0.39, 0.29) is 11.3 Å². The highest BCUT2D eigenvalue weighted by Gasteiger charge is 2.38. The molecule has 1 aliphatic rings. The molecule has 1 amide bonds. The summed E-state index contributed by atoms with van der Waals surface area (Å²) in [6.07, 6.45) is 1.02. The van der Waals surface area contributed by atoms with E-state index in [1.165, 1.54) is 19.3 Å². The van der Waals surface area contributed by atoms with Gasteiger partial charge in [0.1, 0.15) is 17.7 Å². The predicted molar refractivity (Wildman–Crippen MR) is 75.7 cm³/mol. The summed E-state index contributed by atoms with van der Waals surface area (Å²) < 4.78 is 32.5. The van der Waals surface area contributed by atoms with Gasteiger partial charge in [-0.3, -0.25) is 9.78 Å². The fourth-order valence-electron chi connectivity index (χ4n) is 2.47. The Kier molecular flexibility index (Phi) is 3.77. The number of nitrogens with one attached hydrogen (secondary N) is 1. The van der Waals surface area contributed by atoms with E-state index in [0.717, 1.165) is 18.2 Å². The standard InChI is InChI=1S/C16H12F2N2O3/c1-8(21)9-4-10(7-19-6-9)14-15(23-16(22)20-14)12-5-11(17)2-3-13(12)18/h2-7,14-15H,1H3,(H,20,22)/t14-,15-/m1/s1. The van der Waals surface area contributed by atoms with E-state index in [9.17, 15) is 18.4 Å². The fraction of sp³-hybridized carbons (Fsp3) is 0.188. The van der Waals surface area contributed by atoms with Crippen LogP contribution in [0.1, 0.15) is 40.6 Å². The number of ketones is 1. The zero-order valence-corrected chi connectivity index (χ0v) is 12.0. The summed E-state index contributed by atoms with van der Waals surface area (Å²) in [5.74, 6) is -1.52. The molecule has 1 aliphatic heterocycles. The number of hydrogen-bond acceptors (Lipinski definition) is 4. The predicted octanol–water partition coefficient (Wildman–Crippen LogP) is 3.08. The van der Waals surface area contributed by atoms with Gasteiger partial charge in [-0.15, -0.1) is 0 Å². The minimum atomic E-state index is -1.05. The van der Waals surface area contributed by atoms with Crippen LogP contribution in [-0.2, 0) is 4.74 Å². The van der Waals surface area contributed by atoms with Gasteiger partial charge in [0.15, 0.2) is 11.9 Å². The molecule has 0 spiro atoms. The second kappa shape index (κ2) is 5.75. The fourth-order valence-corrected chi connectivity index (χ4v) is 2.47. The van der Waals surface area contributed by atoms with E-state index >= 15 is 0 Å². The Bertz CT molecular complexity index is 795. The summed E-state index contributed by atoms with van der Waals surface area (Å²) in [5.41, 5.74) is 0.737. The molecule has 1 aromatic carbocycles. The van der Waals surface area contributed by atoms with Gasteiger partial charge in [0.25, 0.3) is 0 Å². The first-order valence-electron chi connectivity index (χ1n) is 6.83. The number of rotatable bonds is 3. The maximum Gasteiger partial charge on any atom is 0.408 e. The number of ether oxygens (including phenoxy) is 1. The molecule has 23 heavy (non-hydrogen) atoms. The zero-order chi connectivity index (χ0) is 16.6. The number of benzene rings is 1. The summed E-state index contributed by atoms with van der Waals surface area (Å²) in [6.45, 7) is 1.38. The smallest absolute Gasteiger partial charge is 0.408 e. The largest absolute Gasteiger partial charge is 0.439 e. The van der Waals surface area contributed by atoms with E-state index in [4.69, 9.17) is 4.74 Å². The number of Topliss-reactive ketones (excluding diaryl/α,β-unsaturated/α-hetero) is 1. The lowest BCUT2D eigenvalue weighted by molar-refractivity contribution is 0.101. The van der Waals surface area contributed by atoms with Gasteiger partial charge in [-0.1, -0.05) is 0 Å². The van der Waals surface area contributed by atoms with Crippen LogP contribution >= 0.6 is 0 Å². The van der Waals surface area contributed by atoms with E-state index in [0.29, 0.717) is 11.1 Å². The van der Waals surface area contributed by atoms with Gasteiger partial charge in [-0.2, -0.15) is 0 Å². The molecule has 7 heteroatoms. The highest BCUT2D eigenvalue weighted by Crippen LogP contribution is 2.37. The number of pyridine rings is 1. The van der Waals surface area contributed by atoms with Crippen LogP contribution < -0.4 is 5.32 Å². The van der Waals surface area contributed by atoms with Crippen LogP contribution in [-0.4, -0.2) is 16.9 Å². The molecule has 1 fully saturated rings. The van der Waals surface area contributed by atoms with Crippen LogP contribution in [0.5, 0.6) is 0 Å². The van der Waals surface area contributed by atoms with E-state index in [1.54, 1.807) is 6.07 Å². The number of cyclic esters (lactones) is 1. The van der Waals surface area contributed by atoms with E-state index < -0.39 is 29.9 Å². The molecular weight excluding hydrogens is 306 g/mol. The molecular formula is C16H12F2N2O3. The number of carbonyl (C=O) groups excluding carboxylic acids is 2. The highest BCUT2D eigenvalue weighted by molar-refractivity contribution is 5.93. The van der Waals surface area contributed by atoms with Gasteiger partial charge in [0.05, 0.1) is 0 Å². The molecule has 0 unspecified atom stereocenters. The maximum atomic E-state index is 14.0. The SMILES string of the molecule is CC(=O)c1cncc([C@H]2NC(=O)O[C@@H]2c2cc(F)ccc2F)c1. The Morgan fingerprint density at radius 2 is 2.04 bits per heavy atom. The number of alkyl carbamates (subject to hydrolysis) is 1. The van der Waals surface area contributed by atoms with Gasteiger partial charge in [0.2, 0.25) is 0 Å². The Morgan fingerprint density at radius 3 is 2.78 bits per heavy atom. The van der Waals surface area contributed by atoms with Gasteiger partial charge in [-0.25, -0.2) is 13.6 Å². The number of hydrogen-bond donors (Lipinski definition) is 1. The van der Waals surface area contributed by atoms with Crippen LogP contribution in [0.15, 0.2) is 36.7 Å². The molecule has 1 saturated heterocycles. The van der Waals surface area contributed by atoms with Crippen molar-refractivity contribution in [3.63, 3.8) is 0 Å². The van der Waals surface area contributed by atoms with Crippen molar-refractivity contribution < 1.29 is 23.1 Å². The summed E-state index contributed by atoms with van der Waals surface area (Å²) >= 11 is 0. The molecule has 2 aromatic rings. The van der Waals surface area contributed by atoms with Crippen LogP contribution in [0.4, 0.5) is 13.6 Å². The second-order valence-corrected chi connectivity index (χ2v) is 5.18. The van der Waals surface area contributed by atoms with Crippen LogP contribution in [0.2, 0.25) is 0 Å². The average molecular weight is 318 g/mol. The van der Waals surface area contributed by atoms with Crippen molar-refractivity contribution >= 4 is 11.9 Å². The monoisotopic (exact) mass is 318 g/mol. The molecule has 3 rings (SSSR count). The molecule has 2 heterocycles. The Balaban J connectivity index is 2.03. The van der Waals surface area contributed by atoms with Crippen molar-refractivity contribution in [2.75, 3.05) is 0 Å². The number of carbonyl (C=O) groups is 2. The lowest BCUT2D eigenvalue weighted by atomic mass is 9.96. The van der Waals surface area contributed by atoms with Crippen LogP contribution in [0.3, 0.4) is 0 Å². The van der Waals surface area contributed by atoms with Gasteiger partial charge in [0, 0.05) is 23.5 Å². The third-order valence-electron chi connectivity index (χ3n) is 3.60. The van der Waals surface area contributed by atoms with Crippen molar-refractivity contribution in [2.24, 2.45) is 0 Å². The molecule has 1 N–H and O–H groups in total. The summed E-state index contributed by atoms with van der Waals surface area (Å²) in [7, 11) is 0. The van der Waals surface area contributed by atoms with Crippen molar-refractivity contribution in [2.45, 2.75) is 19.1 Å². The second-order valence-electron chi connectivity index (χ2n) is 5.18. The molecule has 2 atom stereocenters. The van der Waals surface area contributed by atoms with Gasteiger partial charge >= 0.3 is 6.09 Å². The summed E-state index contributed by atoms with van der Waals surface area (Å²) in [5, 5.41) is 2.53. The first kappa shape index (κ1) is 15.1. The summed E-state index contributed by atoms with van der Waals surface area (Å²) in [4.78, 5) is 27.0. The number of amides is 1. The van der Waals surface area contributed by atoms with Crippen LogP contribution in [0.25, 0.3) is 0 Å². The highest BCUT2D eigenvalue weighted by atomic mass is 19.1. The Hall–Kier alpha value is -2.83. The third kappa shape index (κ3) is 2.90. The van der Waals surface area contributed by atoms with Gasteiger partial charge < -0.3 is 10.1 Å². The molecule has 5 nitrogen and oxygen atoms in total. The lowest BCUT2D eigenvalue weighted by Crippen LogP contribution is -2.20. The molecule has 0 saturated carbocycles. The maximum absolute atomic E-state index is 14.0. The Labute approximate surface area is 130 Å². The third-order valence-corrected chi connectivity index (χ3v) is 3.60. The van der Waals surface area contributed by atoms with Gasteiger partial charge in [-0.05, 0) is 36.8 Å². The summed E-state index contributed by atoms with van der Waals surface area (Å²) in [6, 6.07) is 3.70. The van der Waals surface area contributed by atoms with E-state index in [1.807, 2.05) is 0 Å². The van der Waals surface area contributed by atoms with E-state index in [2.05, 4.69) is 10.3 Å². The normalized spacial score (nSPS) is 20.0. The zero-order valence-electron chi connectivity index (χ0n) is 12.0. The average Bonchev–Trinajstić information content (AvgIpc) is 2.91. The minimum absolute atomic E-state index is 0.0819. The van der Waals surface area contributed by atoms with Crippen LogP contribution in [0, 0.1) is 11.6 Å². The van der Waals surface area contributed by atoms with Crippen molar-refractivity contribution in [1.29, 1.82) is 0 Å². The molecule has 118 valence electrons. The topological polar surface area (TPSA) is 68.3 Å². The van der Waals surface area contributed by atoms with Crippen molar-refractivity contribution in [1.82, 2.24) is 10.3 Å². The lowest BCUT2D eigenvalue weighted by Gasteiger charge is -2.18. The molecule has 0 radical (unpaired) electrons. The van der Waals surface area contributed by atoms with Crippen molar-refractivity contribution in [3.05, 3.63) is 65.0 Å². The first-order valence-corrected chi connectivity index (χ1v) is 6.83. The number of nitrogens with zero attached hydrogens (tertiary/aromatic N) is 1. The minimum Gasteiger partial charge on any atom is -0.439 e.